The molecule has 0 aromatic rings. The number of carboxylic acid groups (broad SMARTS) is 1. The molecule has 0 rings (SSSR count). The van der Waals surface area contributed by atoms with Crippen molar-refractivity contribution in [1.82, 2.24) is 10.6 Å². The highest BCUT2D eigenvalue weighted by atomic mass is 16.5. The maximum Gasteiger partial charge on any atom is 0.325 e. The first kappa shape index (κ1) is 14.7. The number of hydrogen-bond donors (Lipinski definition) is 3. The van der Waals surface area contributed by atoms with Gasteiger partial charge in [-0.05, 0) is 19.8 Å². The largest absolute Gasteiger partial charge is 0.480 e. The highest BCUT2D eigenvalue weighted by Crippen LogP contribution is 1.85. The fourth-order valence-electron chi connectivity index (χ4n) is 0.932. The van der Waals surface area contributed by atoms with Crippen LogP contribution >= 0.6 is 0 Å². The standard InChI is InChI=1S/C10H20N2O4/c1-3-6-16-7-4-5-11-10(15)12-8(2)9(13)14/h8H,3-7H2,1-2H3,(H,13,14)(H2,11,12,15). The van der Waals surface area contributed by atoms with Crippen LogP contribution in [0.25, 0.3) is 0 Å². The van der Waals surface area contributed by atoms with Gasteiger partial charge in [-0.15, -0.1) is 0 Å². The molecule has 0 radical (unpaired) electrons. The molecule has 1 atom stereocenters. The SMILES string of the molecule is CCCOCCCNC(=O)NC(C)C(=O)O. The fraction of sp³-hybridized carbons (Fsp3) is 0.800. The molecule has 0 spiro atoms. The van der Waals surface area contributed by atoms with E-state index in [1.165, 1.54) is 6.92 Å². The molecule has 0 aliphatic rings. The van der Waals surface area contributed by atoms with Crippen molar-refractivity contribution in [2.75, 3.05) is 19.8 Å². The van der Waals surface area contributed by atoms with Crippen LogP contribution in [0.15, 0.2) is 0 Å². The molecule has 6 heteroatoms. The predicted molar refractivity (Wildman–Crippen MR) is 59.4 cm³/mol. The predicted octanol–water partition coefficient (Wildman–Crippen LogP) is 0.575. The van der Waals surface area contributed by atoms with Crippen molar-refractivity contribution in [2.45, 2.75) is 32.7 Å². The zero-order valence-corrected chi connectivity index (χ0v) is 9.78. The van der Waals surface area contributed by atoms with Crippen molar-refractivity contribution in [3.8, 4) is 0 Å². The van der Waals surface area contributed by atoms with Crippen LogP contribution in [0.3, 0.4) is 0 Å². The highest BCUT2D eigenvalue weighted by molar-refractivity contribution is 5.82. The molecule has 0 aromatic heterocycles. The van der Waals surface area contributed by atoms with Gasteiger partial charge >= 0.3 is 12.0 Å². The smallest absolute Gasteiger partial charge is 0.325 e. The fourth-order valence-corrected chi connectivity index (χ4v) is 0.932. The van der Waals surface area contributed by atoms with Crippen LogP contribution in [-0.2, 0) is 9.53 Å². The number of rotatable bonds is 8. The zero-order valence-electron chi connectivity index (χ0n) is 9.78. The molecule has 94 valence electrons. The number of carbonyl (C=O) groups excluding carboxylic acids is 1. The second-order valence-corrected chi connectivity index (χ2v) is 3.43. The van der Waals surface area contributed by atoms with E-state index in [0.29, 0.717) is 13.2 Å². The highest BCUT2D eigenvalue weighted by Gasteiger charge is 2.12. The maximum atomic E-state index is 11.1. The second kappa shape index (κ2) is 8.96. The summed E-state index contributed by atoms with van der Waals surface area (Å²) in [5.74, 6) is -1.05. The Balaban J connectivity index is 3.40. The van der Waals surface area contributed by atoms with Crippen LogP contribution in [0.4, 0.5) is 4.79 Å². The quantitative estimate of drug-likeness (QED) is 0.534. The molecule has 0 aliphatic carbocycles. The Bertz CT molecular complexity index is 221. The van der Waals surface area contributed by atoms with E-state index in [1.54, 1.807) is 0 Å². The molecule has 0 aliphatic heterocycles. The summed E-state index contributed by atoms with van der Waals surface area (Å²) in [6, 6.07) is -1.35. The third-order valence-electron chi connectivity index (χ3n) is 1.82. The van der Waals surface area contributed by atoms with E-state index in [4.69, 9.17) is 9.84 Å². The van der Waals surface area contributed by atoms with Crippen LogP contribution < -0.4 is 10.6 Å². The van der Waals surface area contributed by atoms with Crippen molar-refractivity contribution in [1.29, 1.82) is 0 Å². The zero-order chi connectivity index (χ0) is 12.4. The molecule has 0 bridgehead atoms. The molecule has 6 nitrogen and oxygen atoms in total. The average molecular weight is 232 g/mol. The molecular weight excluding hydrogens is 212 g/mol. The van der Waals surface area contributed by atoms with E-state index >= 15 is 0 Å². The minimum absolute atomic E-state index is 0.467. The average Bonchev–Trinajstić information content (AvgIpc) is 2.23. The van der Waals surface area contributed by atoms with Gasteiger partial charge in [0.15, 0.2) is 0 Å². The third-order valence-corrected chi connectivity index (χ3v) is 1.82. The van der Waals surface area contributed by atoms with Gasteiger partial charge in [0, 0.05) is 19.8 Å². The van der Waals surface area contributed by atoms with Crippen LogP contribution in [0.2, 0.25) is 0 Å². The number of carbonyl (C=O) groups is 2. The van der Waals surface area contributed by atoms with Gasteiger partial charge in [0.25, 0.3) is 0 Å². The molecule has 0 saturated carbocycles. The Morgan fingerprint density at radius 2 is 2.06 bits per heavy atom. The van der Waals surface area contributed by atoms with Crippen molar-refractivity contribution < 1.29 is 19.4 Å². The summed E-state index contributed by atoms with van der Waals surface area (Å²) in [6.07, 6.45) is 1.69. The van der Waals surface area contributed by atoms with Crippen molar-refractivity contribution >= 4 is 12.0 Å². The topological polar surface area (TPSA) is 87.7 Å². The Kier molecular flexibility index (Phi) is 8.24. The molecule has 0 heterocycles. The first-order valence-corrected chi connectivity index (χ1v) is 5.42. The minimum atomic E-state index is -1.05. The summed E-state index contributed by atoms with van der Waals surface area (Å²) in [5.41, 5.74) is 0. The van der Waals surface area contributed by atoms with E-state index in [0.717, 1.165) is 19.4 Å². The normalized spacial score (nSPS) is 11.9. The summed E-state index contributed by atoms with van der Waals surface area (Å²) in [6.45, 7) is 5.23. The van der Waals surface area contributed by atoms with E-state index in [-0.39, 0.29) is 0 Å². The van der Waals surface area contributed by atoms with E-state index in [9.17, 15) is 9.59 Å². The van der Waals surface area contributed by atoms with Gasteiger partial charge in [-0.1, -0.05) is 6.92 Å². The van der Waals surface area contributed by atoms with Gasteiger partial charge < -0.3 is 20.5 Å². The number of amides is 2. The van der Waals surface area contributed by atoms with Crippen LogP contribution in [0, 0.1) is 0 Å². The van der Waals surface area contributed by atoms with Crippen LogP contribution in [0.5, 0.6) is 0 Å². The maximum absolute atomic E-state index is 11.1. The summed E-state index contributed by atoms with van der Waals surface area (Å²) in [7, 11) is 0. The summed E-state index contributed by atoms with van der Waals surface area (Å²) in [5, 5.41) is 13.4. The first-order chi connectivity index (χ1) is 7.57. The van der Waals surface area contributed by atoms with E-state index in [1.807, 2.05) is 6.92 Å². The summed E-state index contributed by atoms with van der Waals surface area (Å²) < 4.78 is 5.22. The lowest BCUT2D eigenvalue weighted by Crippen LogP contribution is -2.44. The molecule has 16 heavy (non-hydrogen) atoms. The molecule has 3 N–H and O–H groups in total. The van der Waals surface area contributed by atoms with Crippen molar-refractivity contribution in [2.24, 2.45) is 0 Å². The molecule has 0 aromatic carbocycles. The van der Waals surface area contributed by atoms with Gasteiger partial charge in [0.1, 0.15) is 6.04 Å². The lowest BCUT2D eigenvalue weighted by Gasteiger charge is -2.10. The molecule has 1 unspecified atom stereocenters. The number of carboxylic acids is 1. The number of urea groups is 1. The summed E-state index contributed by atoms with van der Waals surface area (Å²) in [4.78, 5) is 21.5. The third kappa shape index (κ3) is 8.05. The van der Waals surface area contributed by atoms with Crippen molar-refractivity contribution in [3.63, 3.8) is 0 Å². The lowest BCUT2D eigenvalue weighted by molar-refractivity contribution is -0.138. The molecule has 2 amide bonds. The van der Waals surface area contributed by atoms with Gasteiger partial charge in [0.05, 0.1) is 0 Å². The van der Waals surface area contributed by atoms with Gasteiger partial charge in [-0.2, -0.15) is 0 Å². The van der Waals surface area contributed by atoms with Gasteiger partial charge in [-0.25, -0.2) is 4.79 Å². The van der Waals surface area contributed by atoms with Crippen LogP contribution in [-0.4, -0.2) is 42.9 Å². The Hall–Kier alpha value is -1.30. The first-order valence-electron chi connectivity index (χ1n) is 5.42. The lowest BCUT2D eigenvalue weighted by atomic mass is 10.3. The second-order valence-electron chi connectivity index (χ2n) is 3.43. The Morgan fingerprint density at radius 1 is 1.38 bits per heavy atom. The number of aliphatic carboxylic acids is 1. The molecule has 0 fully saturated rings. The molecular formula is C10H20N2O4. The van der Waals surface area contributed by atoms with Crippen LogP contribution in [0.1, 0.15) is 26.7 Å². The van der Waals surface area contributed by atoms with E-state index < -0.39 is 18.0 Å². The Morgan fingerprint density at radius 3 is 2.62 bits per heavy atom. The number of hydrogen-bond acceptors (Lipinski definition) is 3. The van der Waals surface area contributed by atoms with Crippen molar-refractivity contribution in [3.05, 3.63) is 0 Å². The summed E-state index contributed by atoms with van der Waals surface area (Å²) >= 11 is 0. The monoisotopic (exact) mass is 232 g/mol. The Labute approximate surface area is 95.4 Å². The number of ether oxygens (including phenoxy) is 1. The van der Waals surface area contributed by atoms with E-state index in [2.05, 4.69) is 10.6 Å². The van der Waals surface area contributed by atoms with Gasteiger partial charge in [-0.3, -0.25) is 4.79 Å². The molecule has 0 saturated heterocycles. The minimum Gasteiger partial charge on any atom is -0.480 e. The number of nitrogens with one attached hydrogen (secondary N) is 2. The van der Waals surface area contributed by atoms with Gasteiger partial charge in [0.2, 0.25) is 0 Å².